The summed E-state index contributed by atoms with van der Waals surface area (Å²) in [5, 5.41) is 3.44. The van der Waals surface area contributed by atoms with Crippen LogP contribution in [-0.2, 0) is 0 Å². The fraction of sp³-hybridized carbons (Fsp3) is 1.00. The van der Waals surface area contributed by atoms with Crippen molar-refractivity contribution < 1.29 is 0 Å². The van der Waals surface area contributed by atoms with Crippen LogP contribution in [0, 0.1) is 5.92 Å². The van der Waals surface area contributed by atoms with Crippen LogP contribution in [0.4, 0.5) is 0 Å². The summed E-state index contributed by atoms with van der Waals surface area (Å²) in [6, 6.07) is 0. The third-order valence-electron chi connectivity index (χ3n) is 3.11. The van der Waals surface area contributed by atoms with E-state index in [2.05, 4.69) is 12.4 Å². The lowest BCUT2D eigenvalue weighted by atomic mass is 10.1. The minimum Gasteiger partial charge on any atom is -0.314 e. The van der Waals surface area contributed by atoms with Gasteiger partial charge in [-0.3, -0.25) is 0 Å². The highest BCUT2D eigenvalue weighted by Crippen LogP contribution is 2.43. The normalized spacial score (nSPS) is 28.5. The van der Waals surface area contributed by atoms with E-state index in [0.717, 1.165) is 5.92 Å². The fourth-order valence-electron chi connectivity index (χ4n) is 1.66. The Morgan fingerprint density at radius 1 is 1.40 bits per heavy atom. The summed E-state index contributed by atoms with van der Waals surface area (Å²) in [6.45, 7) is 0. The molecule has 0 spiro atoms. The monoisotopic (exact) mass is 139 g/mol. The van der Waals surface area contributed by atoms with Gasteiger partial charge in [0.25, 0.3) is 0 Å². The van der Waals surface area contributed by atoms with Crippen LogP contribution < -0.4 is 5.32 Å². The molecule has 0 heterocycles. The predicted octanol–water partition coefficient (Wildman–Crippen LogP) is 1.93. The molecule has 0 aliphatic heterocycles. The molecule has 0 saturated heterocycles. The SMILES string of the molecule is CNC1(CCC2CC2)CC1. The highest BCUT2D eigenvalue weighted by Gasteiger charge is 2.41. The minimum atomic E-state index is 0.614. The maximum atomic E-state index is 3.44. The lowest BCUT2D eigenvalue weighted by Gasteiger charge is -2.12. The van der Waals surface area contributed by atoms with Gasteiger partial charge in [-0.05, 0) is 38.6 Å². The molecule has 2 aliphatic carbocycles. The molecule has 0 radical (unpaired) electrons. The average molecular weight is 139 g/mol. The van der Waals surface area contributed by atoms with Crippen molar-refractivity contribution in [3.63, 3.8) is 0 Å². The van der Waals surface area contributed by atoms with Gasteiger partial charge in [-0.2, -0.15) is 0 Å². The van der Waals surface area contributed by atoms with Crippen LogP contribution in [0.25, 0.3) is 0 Å². The smallest absolute Gasteiger partial charge is 0.0180 e. The fourth-order valence-corrected chi connectivity index (χ4v) is 1.66. The standard InChI is InChI=1S/C9H17N/c1-10-9(6-7-9)5-4-8-2-3-8/h8,10H,2-7H2,1H3. The van der Waals surface area contributed by atoms with Gasteiger partial charge < -0.3 is 5.32 Å². The van der Waals surface area contributed by atoms with Crippen molar-refractivity contribution in [2.24, 2.45) is 5.92 Å². The third-order valence-corrected chi connectivity index (χ3v) is 3.11. The molecule has 0 bridgehead atoms. The van der Waals surface area contributed by atoms with E-state index in [0.29, 0.717) is 5.54 Å². The molecule has 0 unspecified atom stereocenters. The molecule has 0 aromatic carbocycles. The summed E-state index contributed by atoms with van der Waals surface area (Å²) in [4.78, 5) is 0. The van der Waals surface area contributed by atoms with Crippen LogP contribution >= 0.6 is 0 Å². The molecule has 0 atom stereocenters. The highest BCUT2D eigenvalue weighted by molar-refractivity contribution is 5.01. The second-order valence-corrected chi connectivity index (χ2v) is 4.01. The minimum absolute atomic E-state index is 0.614. The highest BCUT2D eigenvalue weighted by atomic mass is 15.0. The van der Waals surface area contributed by atoms with Crippen LogP contribution in [0.5, 0.6) is 0 Å². The van der Waals surface area contributed by atoms with Crippen molar-refractivity contribution in [2.45, 2.75) is 44.1 Å². The average Bonchev–Trinajstić information content (AvgIpc) is 2.83. The van der Waals surface area contributed by atoms with E-state index in [9.17, 15) is 0 Å². The van der Waals surface area contributed by atoms with Gasteiger partial charge in [0, 0.05) is 5.54 Å². The van der Waals surface area contributed by atoms with Gasteiger partial charge in [0.2, 0.25) is 0 Å². The largest absolute Gasteiger partial charge is 0.314 e. The molecule has 0 amide bonds. The Hall–Kier alpha value is -0.0400. The molecule has 1 N–H and O–H groups in total. The van der Waals surface area contributed by atoms with Gasteiger partial charge in [0.15, 0.2) is 0 Å². The van der Waals surface area contributed by atoms with Crippen LogP contribution in [0.15, 0.2) is 0 Å². The van der Waals surface area contributed by atoms with Crippen LogP contribution in [-0.4, -0.2) is 12.6 Å². The Morgan fingerprint density at radius 3 is 2.50 bits per heavy atom. The zero-order valence-corrected chi connectivity index (χ0v) is 6.82. The first kappa shape index (κ1) is 6.66. The maximum absolute atomic E-state index is 3.44. The summed E-state index contributed by atoms with van der Waals surface area (Å²) < 4.78 is 0. The summed E-state index contributed by atoms with van der Waals surface area (Å²) in [6.07, 6.45) is 8.81. The molecule has 2 saturated carbocycles. The van der Waals surface area contributed by atoms with Crippen LogP contribution in [0.3, 0.4) is 0 Å². The molecule has 0 aromatic rings. The molecule has 2 aliphatic rings. The number of hydrogen-bond donors (Lipinski definition) is 1. The predicted molar refractivity (Wildman–Crippen MR) is 43.0 cm³/mol. The van der Waals surface area contributed by atoms with Crippen LogP contribution in [0.2, 0.25) is 0 Å². The molecule has 2 fully saturated rings. The molecule has 1 heteroatoms. The summed E-state index contributed by atoms with van der Waals surface area (Å²) in [5.41, 5.74) is 0.614. The first-order valence-corrected chi connectivity index (χ1v) is 4.54. The molecule has 0 aromatic heterocycles. The van der Waals surface area contributed by atoms with Gasteiger partial charge in [0.05, 0.1) is 0 Å². The molecule has 10 heavy (non-hydrogen) atoms. The Labute approximate surface area is 63.2 Å². The number of hydrogen-bond acceptors (Lipinski definition) is 1. The van der Waals surface area contributed by atoms with Crippen molar-refractivity contribution in [2.75, 3.05) is 7.05 Å². The Morgan fingerprint density at radius 2 is 2.10 bits per heavy atom. The van der Waals surface area contributed by atoms with Gasteiger partial charge in [-0.25, -0.2) is 0 Å². The lowest BCUT2D eigenvalue weighted by Crippen LogP contribution is -2.26. The third kappa shape index (κ3) is 1.34. The molecule has 1 nitrogen and oxygen atoms in total. The molecule has 2 rings (SSSR count). The van der Waals surface area contributed by atoms with E-state index < -0.39 is 0 Å². The summed E-state index contributed by atoms with van der Waals surface area (Å²) in [5.74, 6) is 1.12. The van der Waals surface area contributed by atoms with Crippen molar-refractivity contribution in [3.8, 4) is 0 Å². The Kier molecular flexibility index (Phi) is 1.48. The van der Waals surface area contributed by atoms with E-state index in [4.69, 9.17) is 0 Å². The number of rotatable bonds is 4. The van der Waals surface area contributed by atoms with E-state index in [1.807, 2.05) is 0 Å². The van der Waals surface area contributed by atoms with Gasteiger partial charge in [-0.1, -0.05) is 12.8 Å². The first-order chi connectivity index (χ1) is 4.85. The second-order valence-electron chi connectivity index (χ2n) is 4.01. The molecular weight excluding hydrogens is 122 g/mol. The van der Waals surface area contributed by atoms with Gasteiger partial charge in [0.1, 0.15) is 0 Å². The summed E-state index contributed by atoms with van der Waals surface area (Å²) in [7, 11) is 2.11. The maximum Gasteiger partial charge on any atom is 0.0180 e. The van der Waals surface area contributed by atoms with Gasteiger partial charge in [-0.15, -0.1) is 0 Å². The molecular formula is C9H17N. The quantitative estimate of drug-likeness (QED) is 0.627. The van der Waals surface area contributed by atoms with Crippen LogP contribution in [0.1, 0.15) is 38.5 Å². The van der Waals surface area contributed by atoms with Crippen molar-refractivity contribution in [1.82, 2.24) is 5.32 Å². The zero-order chi connectivity index (χ0) is 7.03. The Bertz CT molecular complexity index is 123. The van der Waals surface area contributed by atoms with E-state index in [1.54, 1.807) is 0 Å². The number of nitrogens with one attached hydrogen (secondary N) is 1. The summed E-state index contributed by atoms with van der Waals surface area (Å²) >= 11 is 0. The van der Waals surface area contributed by atoms with E-state index in [-0.39, 0.29) is 0 Å². The lowest BCUT2D eigenvalue weighted by molar-refractivity contribution is 0.473. The van der Waals surface area contributed by atoms with E-state index in [1.165, 1.54) is 38.5 Å². The first-order valence-electron chi connectivity index (χ1n) is 4.54. The van der Waals surface area contributed by atoms with Gasteiger partial charge >= 0.3 is 0 Å². The van der Waals surface area contributed by atoms with Crippen molar-refractivity contribution >= 4 is 0 Å². The Balaban J connectivity index is 1.68. The zero-order valence-electron chi connectivity index (χ0n) is 6.82. The second kappa shape index (κ2) is 2.23. The topological polar surface area (TPSA) is 12.0 Å². The van der Waals surface area contributed by atoms with E-state index >= 15 is 0 Å². The van der Waals surface area contributed by atoms with Crippen molar-refractivity contribution in [1.29, 1.82) is 0 Å². The van der Waals surface area contributed by atoms with Crippen molar-refractivity contribution in [3.05, 3.63) is 0 Å². The molecule has 58 valence electrons.